The Morgan fingerprint density at radius 1 is 1.44 bits per heavy atom. The Balaban J connectivity index is 1.85. The van der Waals surface area contributed by atoms with E-state index in [1.165, 1.54) is 6.20 Å². The molecule has 0 aliphatic carbocycles. The fourth-order valence-electron chi connectivity index (χ4n) is 2.08. The van der Waals surface area contributed by atoms with Gasteiger partial charge < -0.3 is 4.90 Å². The summed E-state index contributed by atoms with van der Waals surface area (Å²) in [6, 6.07) is 0. The van der Waals surface area contributed by atoms with Crippen LogP contribution < -0.4 is 0 Å². The van der Waals surface area contributed by atoms with Crippen LogP contribution in [-0.4, -0.2) is 39.7 Å². The number of hydrogen-bond acceptors (Lipinski definition) is 4. The summed E-state index contributed by atoms with van der Waals surface area (Å²) in [5, 5.41) is 3.57. The van der Waals surface area contributed by atoms with Gasteiger partial charge in [0, 0.05) is 19.5 Å². The van der Waals surface area contributed by atoms with Crippen LogP contribution in [0.4, 0.5) is 13.2 Å². The van der Waals surface area contributed by atoms with Crippen molar-refractivity contribution in [3.8, 4) is 0 Å². The molecule has 100 valence electrons. The van der Waals surface area contributed by atoms with E-state index in [1.54, 1.807) is 4.90 Å². The number of rotatable bonds is 2. The Kier molecular flexibility index (Phi) is 3.84. The minimum absolute atomic E-state index is 0.185. The van der Waals surface area contributed by atoms with Gasteiger partial charge in [-0.05, 0) is 30.3 Å². The lowest BCUT2D eigenvalue weighted by Crippen LogP contribution is -2.39. The molecule has 1 fully saturated rings. The minimum atomic E-state index is -4.11. The number of amides is 1. The van der Waals surface area contributed by atoms with E-state index in [4.69, 9.17) is 0 Å². The molecule has 4 nitrogen and oxygen atoms in total. The highest BCUT2D eigenvalue weighted by Gasteiger charge is 2.34. The Hall–Kier alpha value is -1.18. The van der Waals surface area contributed by atoms with E-state index in [2.05, 4.69) is 9.59 Å². The van der Waals surface area contributed by atoms with Crippen LogP contribution in [0.5, 0.6) is 0 Å². The van der Waals surface area contributed by atoms with Crippen LogP contribution in [0.3, 0.4) is 0 Å². The van der Waals surface area contributed by atoms with Gasteiger partial charge in [-0.15, -0.1) is 5.10 Å². The van der Waals surface area contributed by atoms with Gasteiger partial charge in [0.1, 0.15) is 4.88 Å². The number of likely N-dealkylation sites (tertiary alicyclic amines) is 1. The molecule has 8 heteroatoms. The summed E-state index contributed by atoms with van der Waals surface area (Å²) >= 11 is 1.00. The van der Waals surface area contributed by atoms with Crippen molar-refractivity contribution in [1.82, 2.24) is 14.5 Å². The van der Waals surface area contributed by atoms with E-state index in [-0.39, 0.29) is 11.8 Å². The smallest absolute Gasteiger partial charge is 0.338 e. The van der Waals surface area contributed by atoms with Crippen molar-refractivity contribution in [3.05, 3.63) is 11.1 Å². The van der Waals surface area contributed by atoms with E-state index in [1.807, 2.05) is 0 Å². The van der Waals surface area contributed by atoms with Gasteiger partial charge in [-0.2, -0.15) is 13.2 Å². The molecule has 1 aromatic heterocycles. The topological polar surface area (TPSA) is 46.1 Å². The van der Waals surface area contributed by atoms with Crippen LogP contribution in [0.25, 0.3) is 0 Å². The number of carbonyl (C=O) groups is 1. The highest BCUT2D eigenvalue weighted by atomic mass is 32.1. The third-order valence-corrected chi connectivity index (χ3v) is 3.65. The number of carbonyl (C=O) groups excluding carboxylic acids is 1. The Labute approximate surface area is 106 Å². The van der Waals surface area contributed by atoms with Gasteiger partial charge in [0.2, 0.25) is 0 Å². The monoisotopic (exact) mass is 279 g/mol. The fraction of sp³-hybridized carbons (Fsp3) is 0.700. The molecule has 0 aromatic carbocycles. The fourth-order valence-corrected chi connectivity index (χ4v) is 2.57. The lowest BCUT2D eigenvalue weighted by molar-refractivity contribution is -0.147. The second kappa shape index (κ2) is 5.21. The third kappa shape index (κ3) is 3.41. The number of hydrogen-bond donors (Lipinski definition) is 0. The number of halogens is 3. The molecule has 0 radical (unpaired) electrons. The molecule has 1 amide bonds. The van der Waals surface area contributed by atoms with Crippen LogP contribution in [-0.2, 0) is 0 Å². The second-order valence-electron chi connectivity index (χ2n) is 4.34. The highest BCUT2D eigenvalue weighted by Crippen LogP contribution is 2.31. The van der Waals surface area contributed by atoms with Gasteiger partial charge >= 0.3 is 6.18 Å². The SMILES string of the molecule is O=C(c1cnns1)N1CCC(CC(F)(F)F)CC1. The molecule has 0 N–H and O–H groups in total. The zero-order valence-corrected chi connectivity index (χ0v) is 10.3. The first-order valence-electron chi connectivity index (χ1n) is 5.59. The van der Waals surface area contributed by atoms with Crippen LogP contribution in [0, 0.1) is 5.92 Å². The molecule has 0 saturated carbocycles. The minimum Gasteiger partial charge on any atom is -0.338 e. The molecule has 0 atom stereocenters. The summed E-state index contributed by atoms with van der Waals surface area (Å²) in [5.41, 5.74) is 0. The summed E-state index contributed by atoms with van der Waals surface area (Å²) in [4.78, 5) is 13.9. The standard InChI is InChI=1S/C10H12F3N3OS/c11-10(12,13)5-7-1-3-16(4-2-7)9(17)8-6-14-15-18-8/h6-7H,1-5H2. The van der Waals surface area contributed by atoms with Gasteiger partial charge in [0.15, 0.2) is 0 Å². The molecule has 0 bridgehead atoms. The van der Waals surface area contributed by atoms with Gasteiger partial charge in [-0.3, -0.25) is 4.79 Å². The Morgan fingerprint density at radius 2 is 2.11 bits per heavy atom. The van der Waals surface area contributed by atoms with E-state index in [0.717, 1.165) is 11.5 Å². The van der Waals surface area contributed by atoms with Crippen molar-refractivity contribution in [3.63, 3.8) is 0 Å². The molecule has 2 heterocycles. The van der Waals surface area contributed by atoms with Crippen molar-refractivity contribution in [2.24, 2.45) is 5.92 Å². The number of nitrogens with zero attached hydrogens (tertiary/aromatic N) is 3. The number of alkyl halides is 3. The lowest BCUT2D eigenvalue weighted by Gasteiger charge is -2.31. The molecule has 1 saturated heterocycles. The molecule has 0 spiro atoms. The van der Waals surface area contributed by atoms with Crippen molar-refractivity contribution in [1.29, 1.82) is 0 Å². The van der Waals surface area contributed by atoms with Crippen molar-refractivity contribution in [2.75, 3.05) is 13.1 Å². The van der Waals surface area contributed by atoms with Crippen molar-refractivity contribution >= 4 is 17.4 Å². The largest absolute Gasteiger partial charge is 0.389 e. The Morgan fingerprint density at radius 3 is 2.61 bits per heavy atom. The molecule has 1 aliphatic rings. The quantitative estimate of drug-likeness (QED) is 0.834. The molecule has 1 aromatic rings. The summed E-state index contributed by atoms with van der Waals surface area (Å²) < 4.78 is 40.3. The first-order valence-corrected chi connectivity index (χ1v) is 6.36. The maximum absolute atomic E-state index is 12.2. The summed E-state index contributed by atoms with van der Waals surface area (Å²) in [6.45, 7) is 0.745. The maximum Gasteiger partial charge on any atom is 0.389 e. The summed E-state index contributed by atoms with van der Waals surface area (Å²) in [6.07, 6.45) is -2.68. The zero-order chi connectivity index (χ0) is 13.2. The van der Waals surface area contributed by atoms with Crippen molar-refractivity contribution < 1.29 is 18.0 Å². The molecule has 18 heavy (non-hydrogen) atoms. The van der Waals surface area contributed by atoms with Crippen molar-refractivity contribution in [2.45, 2.75) is 25.4 Å². The van der Waals surface area contributed by atoms with Gasteiger partial charge in [0.05, 0.1) is 6.20 Å². The van der Waals surface area contributed by atoms with E-state index >= 15 is 0 Å². The second-order valence-corrected chi connectivity index (χ2v) is 5.12. The van der Waals surface area contributed by atoms with Crippen LogP contribution in [0.2, 0.25) is 0 Å². The van der Waals surface area contributed by atoms with Crippen LogP contribution in [0.1, 0.15) is 28.9 Å². The van der Waals surface area contributed by atoms with Gasteiger partial charge in [0.25, 0.3) is 5.91 Å². The molecular formula is C10H12F3N3OS. The molecule has 2 rings (SSSR count). The third-order valence-electron chi connectivity index (χ3n) is 2.99. The van der Waals surface area contributed by atoms with E-state index in [0.29, 0.717) is 30.8 Å². The predicted molar refractivity (Wildman–Crippen MR) is 59.2 cm³/mol. The average molecular weight is 279 g/mol. The normalized spacial score (nSPS) is 18.1. The number of aromatic nitrogens is 2. The zero-order valence-electron chi connectivity index (χ0n) is 9.48. The molecule has 1 aliphatic heterocycles. The van der Waals surface area contributed by atoms with E-state index < -0.39 is 12.6 Å². The Bertz CT molecular complexity index is 399. The van der Waals surface area contributed by atoms with E-state index in [9.17, 15) is 18.0 Å². The molecular weight excluding hydrogens is 267 g/mol. The highest BCUT2D eigenvalue weighted by molar-refractivity contribution is 7.07. The first-order chi connectivity index (χ1) is 8.46. The summed E-state index contributed by atoms with van der Waals surface area (Å²) in [7, 11) is 0. The van der Waals surface area contributed by atoms with Gasteiger partial charge in [-0.25, -0.2) is 0 Å². The lowest BCUT2D eigenvalue weighted by atomic mass is 9.93. The molecule has 0 unspecified atom stereocenters. The maximum atomic E-state index is 12.2. The van der Waals surface area contributed by atoms with Crippen LogP contribution in [0.15, 0.2) is 6.20 Å². The van der Waals surface area contributed by atoms with Gasteiger partial charge in [-0.1, -0.05) is 4.49 Å². The first kappa shape index (κ1) is 13.3. The predicted octanol–water partition coefficient (Wildman–Crippen LogP) is 2.34. The number of piperidine rings is 1. The average Bonchev–Trinajstić information content (AvgIpc) is 2.80. The summed E-state index contributed by atoms with van der Waals surface area (Å²) in [5.74, 6) is -0.552. The van der Waals surface area contributed by atoms with Crippen LogP contribution >= 0.6 is 11.5 Å².